The van der Waals surface area contributed by atoms with Crippen molar-refractivity contribution >= 4 is 11.8 Å². The van der Waals surface area contributed by atoms with Gasteiger partial charge in [0.15, 0.2) is 5.82 Å². The summed E-state index contributed by atoms with van der Waals surface area (Å²) < 4.78 is 1.79. The predicted octanol–water partition coefficient (Wildman–Crippen LogP) is 1.59. The van der Waals surface area contributed by atoms with Crippen molar-refractivity contribution in [3.8, 4) is 0 Å². The zero-order valence-corrected chi connectivity index (χ0v) is 11.9. The highest BCUT2D eigenvalue weighted by molar-refractivity contribution is 5.88. The maximum atomic E-state index is 12.0. The van der Waals surface area contributed by atoms with E-state index in [1.807, 2.05) is 19.9 Å². The van der Waals surface area contributed by atoms with E-state index in [0.717, 1.165) is 18.4 Å². The molecule has 1 atom stereocenters. The molecule has 8 nitrogen and oxygen atoms in total. The summed E-state index contributed by atoms with van der Waals surface area (Å²) in [7, 11) is 0. The lowest BCUT2D eigenvalue weighted by atomic mass is 10.3. The van der Waals surface area contributed by atoms with Crippen molar-refractivity contribution in [2.75, 3.05) is 5.32 Å². The Morgan fingerprint density at radius 3 is 2.90 bits per heavy atom. The number of nitrogens with zero attached hydrogens (tertiary/aromatic N) is 5. The molecule has 2 N–H and O–H groups in total. The van der Waals surface area contributed by atoms with Gasteiger partial charge < -0.3 is 5.32 Å². The minimum atomic E-state index is -0.329. The molecule has 8 heteroatoms. The second-order valence-electron chi connectivity index (χ2n) is 5.25. The Hall–Kier alpha value is -2.51. The van der Waals surface area contributed by atoms with Crippen LogP contribution < -0.4 is 10.6 Å². The fourth-order valence-corrected chi connectivity index (χ4v) is 2.02. The Morgan fingerprint density at radius 1 is 1.43 bits per heavy atom. The standard InChI is InChI=1S/C13H17N7O/c1-8-3-6-11(14-7-8)16-13(21)15-9(2)12-17-18-19-20(12)10-4-5-10/h3,6-7,9-10H,4-5H2,1-2H3,(H2,14,15,16,21)/t9-/m1/s1. The fraction of sp³-hybridized carbons (Fsp3) is 0.462. The number of amides is 2. The number of carbonyl (C=O) groups excluding carboxylic acids is 1. The van der Waals surface area contributed by atoms with E-state index in [1.54, 1.807) is 16.9 Å². The first-order valence-corrected chi connectivity index (χ1v) is 6.91. The second kappa shape index (κ2) is 5.47. The van der Waals surface area contributed by atoms with Crippen LogP contribution in [-0.2, 0) is 0 Å². The number of hydrogen-bond donors (Lipinski definition) is 2. The van der Waals surface area contributed by atoms with Crippen LogP contribution in [-0.4, -0.2) is 31.2 Å². The van der Waals surface area contributed by atoms with Crippen molar-refractivity contribution in [1.82, 2.24) is 30.5 Å². The van der Waals surface area contributed by atoms with Crippen LogP contribution in [0.2, 0.25) is 0 Å². The van der Waals surface area contributed by atoms with Gasteiger partial charge in [-0.15, -0.1) is 5.10 Å². The second-order valence-corrected chi connectivity index (χ2v) is 5.25. The zero-order chi connectivity index (χ0) is 14.8. The average Bonchev–Trinajstić information content (AvgIpc) is 3.18. The molecule has 0 unspecified atom stereocenters. The summed E-state index contributed by atoms with van der Waals surface area (Å²) >= 11 is 0. The average molecular weight is 287 g/mol. The molecule has 0 aliphatic heterocycles. The van der Waals surface area contributed by atoms with E-state index < -0.39 is 0 Å². The molecule has 2 aromatic rings. The molecular weight excluding hydrogens is 270 g/mol. The molecule has 3 rings (SSSR count). The van der Waals surface area contributed by atoms with Crippen molar-refractivity contribution in [3.63, 3.8) is 0 Å². The van der Waals surface area contributed by atoms with E-state index in [-0.39, 0.29) is 12.1 Å². The molecule has 1 aliphatic carbocycles. The summed E-state index contributed by atoms with van der Waals surface area (Å²) in [5.41, 5.74) is 1.04. The lowest BCUT2D eigenvalue weighted by Crippen LogP contribution is -2.33. The molecule has 0 spiro atoms. The molecule has 2 amide bonds. The maximum Gasteiger partial charge on any atom is 0.320 e. The van der Waals surface area contributed by atoms with Gasteiger partial charge in [-0.3, -0.25) is 5.32 Å². The number of aromatic nitrogens is 5. The van der Waals surface area contributed by atoms with Gasteiger partial charge in [-0.05, 0) is 48.7 Å². The van der Waals surface area contributed by atoms with Gasteiger partial charge in [-0.1, -0.05) is 6.07 Å². The van der Waals surface area contributed by atoms with E-state index in [9.17, 15) is 4.79 Å². The van der Waals surface area contributed by atoms with Gasteiger partial charge in [0.1, 0.15) is 5.82 Å². The molecule has 21 heavy (non-hydrogen) atoms. The third-order valence-corrected chi connectivity index (χ3v) is 3.30. The molecule has 0 saturated heterocycles. The normalized spacial score (nSPS) is 15.5. The topological polar surface area (TPSA) is 97.6 Å². The first-order chi connectivity index (χ1) is 10.1. The number of rotatable bonds is 4. The molecule has 0 radical (unpaired) electrons. The van der Waals surface area contributed by atoms with Crippen molar-refractivity contribution < 1.29 is 4.79 Å². The van der Waals surface area contributed by atoms with Crippen LogP contribution in [0, 0.1) is 6.92 Å². The first-order valence-electron chi connectivity index (χ1n) is 6.91. The van der Waals surface area contributed by atoms with Crippen LogP contribution in [0.5, 0.6) is 0 Å². The minimum absolute atomic E-state index is 0.272. The molecule has 2 aromatic heterocycles. The van der Waals surface area contributed by atoms with Gasteiger partial charge in [0.25, 0.3) is 0 Å². The third-order valence-electron chi connectivity index (χ3n) is 3.30. The van der Waals surface area contributed by atoms with E-state index in [1.165, 1.54) is 0 Å². The number of urea groups is 1. The van der Waals surface area contributed by atoms with E-state index in [0.29, 0.717) is 17.7 Å². The third kappa shape index (κ3) is 3.15. The van der Waals surface area contributed by atoms with Gasteiger partial charge in [0, 0.05) is 6.20 Å². The monoisotopic (exact) mass is 287 g/mol. The molecule has 1 fully saturated rings. The van der Waals surface area contributed by atoms with Crippen LogP contribution in [0.3, 0.4) is 0 Å². The van der Waals surface area contributed by atoms with E-state index in [2.05, 4.69) is 31.1 Å². The molecule has 1 saturated carbocycles. The lowest BCUT2D eigenvalue weighted by molar-refractivity contribution is 0.248. The largest absolute Gasteiger partial charge is 0.328 e. The van der Waals surface area contributed by atoms with Crippen molar-refractivity contribution in [3.05, 3.63) is 29.7 Å². The highest BCUT2D eigenvalue weighted by atomic mass is 16.2. The molecule has 2 heterocycles. The molecule has 110 valence electrons. The maximum absolute atomic E-state index is 12.0. The summed E-state index contributed by atoms with van der Waals surface area (Å²) in [6.07, 6.45) is 3.88. The van der Waals surface area contributed by atoms with Gasteiger partial charge in [-0.25, -0.2) is 14.5 Å². The fourth-order valence-electron chi connectivity index (χ4n) is 2.02. The predicted molar refractivity (Wildman–Crippen MR) is 75.6 cm³/mol. The van der Waals surface area contributed by atoms with Crippen LogP contribution in [0.25, 0.3) is 0 Å². The van der Waals surface area contributed by atoms with Gasteiger partial charge >= 0.3 is 6.03 Å². The summed E-state index contributed by atoms with van der Waals surface area (Å²) in [4.78, 5) is 16.1. The van der Waals surface area contributed by atoms with Crippen LogP contribution in [0.1, 0.15) is 43.2 Å². The van der Waals surface area contributed by atoms with Gasteiger partial charge in [0.2, 0.25) is 0 Å². The zero-order valence-electron chi connectivity index (χ0n) is 11.9. The SMILES string of the molecule is Cc1ccc(NC(=O)N[C@H](C)c2nnnn2C2CC2)nc1. The lowest BCUT2D eigenvalue weighted by Gasteiger charge is -2.13. The number of anilines is 1. The van der Waals surface area contributed by atoms with Crippen LogP contribution >= 0.6 is 0 Å². The van der Waals surface area contributed by atoms with E-state index >= 15 is 0 Å². The Kier molecular flexibility index (Phi) is 3.51. The van der Waals surface area contributed by atoms with Gasteiger partial charge in [0.05, 0.1) is 12.1 Å². The summed E-state index contributed by atoms with van der Waals surface area (Å²) in [5.74, 6) is 1.18. The Labute approximate surface area is 122 Å². The smallest absolute Gasteiger partial charge is 0.320 e. The Bertz CT molecular complexity index is 632. The number of nitrogens with one attached hydrogen (secondary N) is 2. The molecule has 0 bridgehead atoms. The van der Waals surface area contributed by atoms with Crippen LogP contribution in [0.4, 0.5) is 10.6 Å². The van der Waals surface area contributed by atoms with E-state index in [4.69, 9.17) is 0 Å². The summed E-state index contributed by atoms with van der Waals surface area (Å²) in [5, 5.41) is 17.2. The number of aryl methyl sites for hydroxylation is 1. The first kappa shape index (κ1) is 13.5. The number of pyridine rings is 1. The molecule has 0 aromatic carbocycles. The molecule has 1 aliphatic rings. The highest BCUT2D eigenvalue weighted by Gasteiger charge is 2.29. The van der Waals surface area contributed by atoms with Crippen molar-refractivity contribution in [1.29, 1.82) is 0 Å². The van der Waals surface area contributed by atoms with Crippen LogP contribution in [0.15, 0.2) is 18.3 Å². The summed E-state index contributed by atoms with van der Waals surface area (Å²) in [6, 6.07) is 3.42. The number of carbonyl (C=O) groups is 1. The molecular formula is C13H17N7O. The minimum Gasteiger partial charge on any atom is -0.328 e. The number of hydrogen-bond acceptors (Lipinski definition) is 5. The quantitative estimate of drug-likeness (QED) is 0.890. The summed E-state index contributed by atoms with van der Waals surface area (Å²) in [6.45, 7) is 3.79. The number of tetrazole rings is 1. The van der Waals surface area contributed by atoms with Crippen molar-refractivity contribution in [2.45, 2.75) is 38.8 Å². The Morgan fingerprint density at radius 2 is 2.24 bits per heavy atom. The highest BCUT2D eigenvalue weighted by Crippen LogP contribution is 2.35. The van der Waals surface area contributed by atoms with Gasteiger partial charge in [-0.2, -0.15) is 0 Å². The Balaban J connectivity index is 1.61. The van der Waals surface area contributed by atoms with Crippen molar-refractivity contribution in [2.24, 2.45) is 0 Å².